The molecule has 0 atom stereocenters. The van der Waals surface area contributed by atoms with Crippen LogP contribution in [0.4, 0.5) is 0 Å². The van der Waals surface area contributed by atoms with Gasteiger partial charge in [0.1, 0.15) is 5.65 Å². The molecule has 0 unspecified atom stereocenters. The van der Waals surface area contributed by atoms with Crippen molar-refractivity contribution in [3.8, 4) is 0 Å². The molecule has 5 nitrogen and oxygen atoms in total. The Bertz CT molecular complexity index is 896. The summed E-state index contributed by atoms with van der Waals surface area (Å²) in [5, 5.41) is 8.89. The maximum absolute atomic E-state index is 12.1. The summed E-state index contributed by atoms with van der Waals surface area (Å²) in [6, 6.07) is 5.00. The summed E-state index contributed by atoms with van der Waals surface area (Å²) in [6.45, 7) is 2.18. The van der Waals surface area contributed by atoms with Gasteiger partial charge in [0.15, 0.2) is 8.68 Å². The number of nitrogens with zero attached hydrogens (tertiary/aromatic N) is 4. The Labute approximate surface area is 156 Å². The van der Waals surface area contributed by atoms with Crippen LogP contribution in [-0.4, -0.2) is 25.3 Å². The van der Waals surface area contributed by atoms with Crippen LogP contribution in [0.5, 0.6) is 0 Å². The highest BCUT2D eigenvalue weighted by atomic mass is 35.5. The Morgan fingerprint density at radius 2 is 2.04 bits per heavy atom. The van der Waals surface area contributed by atoms with Gasteiger partial charge in [-0.2, -0.15) is 0 Å². The van der Waals surface area contributed by atoms with Crippen molar-refractivity contribution in [1.82, 2.24) is 19.6 Å². The van der Waals surface area contributed by atoms with Gasteiger partial charge in [0, 0.05) is 23.8 Å². The van der Waals surface area contributed by atoms with Gasteiger partial charge in [0.25, 0.3) is 5.56 Å². The minimum absolute atomic E-state index is 0.133. The summed E-state index contributed by atoms with van der Waals surface area (Å²) in [4.78, 5) is 16.6. The molecule has 0 amide bonds. The Morgan fingerprint density at radius 3 is 2.83 bits per heavy atom. The molecule has 3 rings (SSSR count). The van der Waals surface area contributed by atoms with E-state index in [1.165, 1.54) is 23.3 Å². The summed E-state index contributed by atoms with van der Waals surface area (Å²) in [7, 11) is 0. The zero-order chi connectivity index (χ0) is 16.9. The van der Waals surface area contributed by atoms with Crippen LogP contribution in [0.2, 0.25) is 5.02 Å². The van der Waals surface area contributed by atoms with E-state index in [4.69, 9.17) is 11.6 Å². The van der Waals surface area contributed by atoms with Gasteiger partial charge in [-0.1, -0.05) is 59.8 Å². The lowest BCUT2D eigenvalue weighted by Gasteiger charge is -2.03. The molecule has 0 aliphatic carbocycles. The number of hydrogen-bond acceptors (Lipinski definition) is 7. The van der Waals surface area contributed by atoms with Gasteiger partial charge in [-0.3, -0.25) is 9.20 Å². The zero-order valence-electron chi connectivity index (χ0n) is 12.9. The molecule has 0 spiro atoms. The number of unbranched alkanes of at least 4 members (excludes halogenated alkanes) is 1. The monoisotopic (exact) mass is 398 g/mol. The first-order chi connectivity index (χ1) is 11.7. The van der Waals surface area contributed by atoms with Crippen molar-refractivity contribution in [1.29, 1.82) is 0 Å². The van der Waals surface area contributed by atoms with Crippen LogP contribution in [-0.2, 0) is 5.75 Å². The molecular weight excluding hydrogens is 384 g/mol. The minimum Gasteiger partial charge on any atom is -0.269 e. The smallest absolute Gasteiger partial charge is 0.258 e. The minimum atomic E-state index is -0.133. The molecule has 3 heterocycles. The van der Waals surface area contributed by atoms with Crippen LogP contribution >= 0.6 is 46.5 Å². The Balaban J connectivity index is 1.67. The average Bonchev–Trinajstić information content (AvgIpc) is 3.02. The lowest BCUT2D eigenvalue weighted by Crippen LogP contribution is -2.14. The van der Waals surface area contributed by atoms with E-state index < -0.39 is 0 Å². The lowest BCUT2D eigenvalue weighted by atomic mass is 10.4. The van der Waals surface area contributed by atoms with Gasteiger partial charge in [0.05, 0.1) is 10.7 Å². The van der Waals surface area contributed by atoms with Gasteiger partial charge >= 0.3 is 0 Å². The van der Waals surface area contributed by atoms with Crippen LogP contribution in [0.25, 0.3) is 5.65 Å². The van der Waals surface area contributed by atoms with Crippen molar-refractivity contribution in [2.75, 3.05) is 5.75 Å². The maximum Gasteiger partial charge on any atom is 0.258 e. The average molecular weight is 399 g/mol. The van der Waals surface area contributed by atoms with E-state index in [-0.39, 0.29) is 5.56 Å². The second kappa shape index (κ2) is 8.33. The van der Waals surface area contributed by atoms with E-state index in [0.29, 0.717) is 16.4 Å². The third kappa shape index (κ3) is 4.50. The van der Waals surface area contributed by atoms with E-state index in [2.05, 4.69) is 22.1 Å². The van der Waals surface area contributed by atoms with Gasteiger partial charge in [-0.05, 0) is 18.6 Å². The highest BCUT2D eigenvalue weighted by molar-refractivity contribution is 8.02. The van der Waals surface area contributed by atoms with Gasteiger partial charge in [-0.25, -0.2) is 4.98 Å². The molecule has 3 aromatic heterocycles. The van der Waals surface area contributed by atoms with E-state index in [9.17, 15) is 4.79 Å². The number of rotatable bonds is 7. The first kappa shape index (κ1) is 17.7. The van der Waals surface area contributed by atoms with E-state index in [1.807, 2.05) is 0 Å². The molecule has 126 valence electrons. The topological polar surface area (TPSA) is 60.2 Å². The van der Waals surface area contributed by atoms with Gasteiger partial charge < -0.3 is 0 Å². The predicted octanol–water partition coefficient (Wildman–Crippen LogP) is 4.38. The molecule has 0 bridgehead atoms. The first-order valence-corrected chi connectivity index (χ1v) is 10.6. The molecule has 0 saturated carbocycles. The van der Waals surface area contributed by atoms with Crippen molar-refractivity contribution in [3.63, 3.8) is 0 Å². The van der Waals surface area contributed by atoms with Crippen LogP contribution in [0.3, 0.4) is 0 Å². The fraction of sp³-hybridized carbons (Fsp3) is 0.333. The van der Waals surface area contributed by atoms with Crippen molar-refractivity contribution < 1.29 is 0 Å². The standard InChI is InChI=1S/C15H15ClN4OS3/c1-2-3-6-22-14-18-19-15(24-14)23-9-11-7-13(21)20-8-10(16)4-5-12(20)17-11/h4-5,7-8H,2-3,6,9H2,1H3. The molecule has 0 radical (unpaired) electrons. The summed E-state index contributed by atoms with van der Waals surface area (Å²) in [5.41, 5.74) is 1.18. The SMILES string of the molecule is CCCCSc1nnc(SCc2cc(=O)n3cc(Cl)ccc3n2)s1. The predicted molar refractivity (Wildman–Crippen MR) is 102 cm³/mol. The second-order valence-corrected chi connectivity index (χ2v) is 8.96. The number of halogens is 1. The molecular formula is C15H15ClN4OS3. The molecule has 9 heteroatoms. The fourth-order valence-electron chi connectivity index (χ4n) is 1.95. The van der Waals surface area contributed by atoms with Crippen molar-refractivity contribution in [2.45, 2.75) is 34.2 Å². The fourth-order valence-corrected chi connectivity index (χ4v) is 5.18. The number of thioether (sulfide) groups is 2. The second-order valence-electron chi connectivity index (χ2n) is 4.99. The molecule has 0 N–H and O–H groups in total. The highest BCUT2D eigenvalue weighted by Crippen LogP contribution is 2.30. The lowest BCUT2D eigenvalue weighted by molar-refractivity contribution is 0.892. The van der Waals surface area contributed by atoms with Crippen LogP contribution in [0.1, 0.15) is 25.5 Å². The summed E-state index contributed by atoms with van der Waals surface area (Å²) in [6.07, 6.45) is 3.94. The van der Waals surface area contributed by atoms with E-state index in [1.54, 1.807) is 53.2 Å². The third-order valence-corrected chi connectivity index (χ3v) is 6.66. The molecule has 0 aliphatic heterocycles. The van der Waals surface area contributed by atoms with Crippen LogP contribution < -0.4 is 5.56 Å². The van der Waals surface area contributed by atoms with Crippen LogP contribution in [0, 0.1) is 0 Å². The molecule has 0 fully saturated rings. The van der Waals surface area contributed by atoms with Gasteiger partial charge in [0.2, 0.25) is 0 Å². The first-order valence-electron chi connectivity index (χ1n) is 7.42. The molecule has 3 aromatic rings. The number of pyridine rings is 1. The number of hydrogen-bond donors (Lipinski definition) is 0. The number of aromatic nitrogens is 4. The van der Waals surface area contributed by atoms with Crippen molar-refractivity contribution in [2.24, 2.45) is 0 Å². The summed E-state index contributed by atoms with van der Waals surface area (Å²) >= 11 is 10.8. The van der Waals surface area contributed by atoms with E-state index in [0.717, 1.165) is 20.1 Å². The summed E-state index contributed by atoms with van der Waals surface area (Å²) in [5.74, 6) is 1.66. The van der Waals surface area contributed by atoms with Crippen LogP contribution in [0.15, 0.2) is 37.9 Å². The third-order valence-electron chi connectivity index (χ3n) is 3.13. The zero-order valence-corrected chi connectivity index (χ0v) is 16.1. The van der Waals surface area contributed by atoms with E-state index >= 15 is 0 Å². The molecule has 24 heavy (non-hydrogen) atoms. The van der Waals surface area contributed by atoms with Crippen molar-refractivity contribution in [3.05, 3.63) is 45.5 Å². The number of fused-ring (bicyclic) bond motifs is 1. The highest BCUT2D eigenvalue weighted by Gasteiger charge is 2.08. The van der Waals surface area contributed by atoms with Gasteiger partial charge in [-0.15, -0.1) is 10.2 Å². The molecule has 0 saturated heterocycles. The Hall–Kier alpha value is -1.09. The quantitative estimate of drug-likeness (QED) is 0.434. The Kier molecular flexibility index (Phi) is 6.15. The van der Waals surface area contributed by atoms with Crippen molar-refractivity contribution >= 4 is 52.1 Å². The summed E-state index contributed by atoms with van der Waals surface area (Å²) < 4.78 is 3.34. The molecule has 0 aliphatic rings. The normalized spacial score (nSPS) is 11.2. The molecule has 0 aromatic carbocycles. The maximum atomic E-state index is 12.1. The largest absolute Gasteiger partial charge is 0.269 e. The Morgan fingerprint density at radius 1 is 1.25 bits per heavy atom.